The topological polar surface area (TPSA) is 68.4 Å². The van der Waals surface area contributed by atoms with Gasteiger partial charge >= 0.3 is 0 Å². The third-order valence-corrected chi connectivity index (χ3v) is 4.86. The lowest BCUT2D eigenvalue weighted by molar-refractivity contribution is 0.102. The number of nitrogens with zero attached hydrogens (tertiary/aromatic N) is 3. The van der Waals surface area contributed by atoms with Gasteiger partial charge in [0.2, 0.25) is 0 Å². The molecule has 6 nitrogen and oxygen atoms in total. The third-order valence-electron chi connectivity index (χ3n) is 3.94. The highest BCUT2D eigenvalue weighted by Crippen LogP contribution is 2.24. The number of aromatic nitrogens is 3. The molecule has 0 bridgehead atoms. The van der Waals surface area contributed by atoms with Gasteiger partial charge in [0, 0.05) is 41.4 Å². The van der Waals surface area contributed by atoms with Crippen LogP contribution in [0.4, 0.5) is 5.69 Å². The Bertz CT molecular complexity index is 1150. The van der Waals surface area contributed by atoms with Gasteiger partial charge in [0.1, 0.15) is 5.56 Å². The number of aryl methyl sites for hydroxylation is 2. The molecule has 120 valence electrons. The molecule has 0 unspecified atom stereocenters. The molecule has 0 radical (unpaired) electrons. The summed E-state index contributed by atoms with van der Waals surface area (Å²) in [6.45, 7) is 1.90. The normalized spacial score (nSPS) is 11.2. The predicted octanol–water partition coefficient (Wildman–Crippen LogP) is 2.81. The molecule has 1 aromatic carbocycles. The number of benzene rings is 1. The van der Waals surface area contributed by atoms with Crippen LogP contribution in [0.1, 0.15) is 15.2 Å². The maximum absolute atomic E-state index is 12.6. The number of thiazole rings is 1. The average molecular weight is 338 g/mol. The smallest absolute Gasteiger partial charge is 0.271 e. The van der Waals surface area contributed by atoms with Crippen molar-refractivity contribution < 1.29 is 4.79 Å². The summed E-state index contributed by atoms with van der Waals surface area (Å²) in [5.41, 5.74) is 1.34. The van der Waals surface area contributed by atoms with Crippen LogP contribution >= 0.6 is 11.3 Å². The monoisotopic (exact) mass is 338 g/mol. The summed E-state index contributed by atoms with van der Waals surface area (Å²) in [4.78, 5) is 30.8. The minimum Gasteiger partial charge on any atom is -0.350 e. The van der Waals surface area contributed by atoms with Crippen molar-refractivity contribution >= 4 is 38.8 Å². The van der Waals surface area contributed by atoms with Gasteiger partial charge in [0.15, 0.2) is 4.96 Å². The first-order valence-corrected chi connectivity index (χ1v) is 8.19. The molecule has 1 N–H and O–H groups in total. The van der Waals surface area contributed by atoms with E-state index in [1.54, 1.807) is 6.20 Å². The van der Waals surface area contributed by atoms with E-state index >= 15 is 0 Å². The van der Waals surface area contributed by atoms with E-state index in [-0.39, 0.29) is 11.1 Å². The highest BCUT2D eigenvalue weighted by atomic mass is 32.1. The summed E-state index contributed by atoms with van der Waals surface area (Å²) in [5, 5.41) is 3.75. The summed E-state index contributed by atoms with van der Waals surface area (Å²) >= 11 is 1.41. The Labute approximate surface area is 141 Å². The maximum Gasteiger partial charge on any atom is 0.271 e. The lowest BCUT2D eigenvalue weighted by atomic mass is 10.2. The number of carbonyl (C=O) groups is 1. The molecule has 7 heteroatoms. The fraction of sp³-hybridized carbons (Fsp3) is 0.118. The lowest BCUT2D eigenvalue weighted by Gasteiger charge is -2.07. The van der Waals surface area contributed by atoms with Crippen molar-refractivity contribution in [3.05, 3.63) is 63.7 Å². The van der Waals surface area contributed by atoms with E-state index in [9.17, 15) is 9.59 Å². The first kappa shape index (κ1) is 14.6. The molecule has 3 heterocycles. The number of hydrogen-bond acceptors (Lipinski definition) is 4. The van der Waals surface area contributed by atoms with Crippen molar-refractivity contribution in [2.75, 3.05) is 5.32 Å². The van der Waals surface area contributed by atoms with Crippen molar-refractivity contribution in [3.63, 3.8) is 0 Å². The van der Waals surface area contributed by atoms with E-state index in [4.69, 9.17) is 0 Å². The van der Waals surface area contributed by atoms with Crippen molar-refractivity contribution in [3.8, 4) is 0 Å². The maximum atomic E-state index is 12.6. The molecule has 0 aliphatic rings. The van der Waals surface area contributed by atoms with Crippen LogP contribution in [0, 0.1) is 6.92 Å². The second-order valence-corrected chi connectivity index (χ2v) is 6.80. The number of rotatable bonds is 2. The van der Waals surface area contributed by atoms with E-state index < -0.39 is 5.91 Å². The molecular formula is C17H14N4O2S. The first-order chi connectivity index (χ1) is 11.5. The average Bonchev–Trinajstić information content (AvgIpc) is 3.12. The Morgan fingerprint density at radius 1 is 1.29 bits per heavy atom. The summed E-state index contributed by atoms with van der Waals surface area (Å²) in [7, 11) is 1.94. The molecule has 0 atom stereocenters. The number of amides is 1. The molecule has 0 saturated heterocycles. The second-order valence-electron chi connectivity index (χ2n) is 5.59. The molecule has 1 amide bonds. The van der Waals surface area contributed by atoms with Crippen LogP contribution in [-0.2, 0) is 7.05 Å². The Hall–Kier alpha value is -2.93. The largest absolute Gasteiger partial charge is 0.350 e. The second kappa shape index (κ2) is 5.31. The van der Waals surface area contributed by atoms with Gasteiger partial charge in [-0.05, 0) is 25.1 Å². The predicted molar refractivity (Wildman–Crippen MR) is 94.9 cm³/mol. The summed E-state index contributed by atoms with van der Waals surface area (Å²) < 4.78 is 3.39. The van der Waals surface area contributed by atoms with Gasteiger partial charge in [-0.25, -0.2) is 4.98 Å². The van der Waals surface area contributed by atoms with Crippen LogP contribution in [-0.4, -0.2) is 19.9 Å². The third kappa shape index (κ3) is 2.21. The Kier molecular flexibility index (Phi) is 3.24. The zero-order chi connectivity index (χ0) is 16.8. The van der Waals surface area contributed by atoms with Gasteiger partial charge in [0.05, 0.1) is 5.69 Å². The molecule has 24 heavy (non-hydrogen) atoms. The Morgan fingerprint density at radius 3 is 2.96 bits per heavy atom. The Morgan fingerprint density at radius 2 is 2.12 bits per heavy atom. The van der Waals surface area contributed by atoms with Crippen LogP contribution in [0.15, 0.2) is 47.7 Å². The summed E-state index contributed by atoms with van der Waals surface area (Å²) in [6.07, 6.45) is 4.97. The van der Waals surface area contributed by atoms with E-state index in [1.165, 1.54) is 21.9 Å². The van der Waals surface area contributed by atoms with Crippen molar-refractivity contribution in [2.24, 2.45) is 7.05 Å². The number of nitrogens with one attached hydrogen (secondary N) is 1. The quantitative estimate of drug-likeness (QED) is 0.611. The number of hydrogen-bond donors (Lipinski definition) is 1. The van der Waals surface area contributed by atoms with E-state index in [2.05, 4.69) is 10.3 Å². The van der Waals surface area contributed by atoms with Crippen LogP contribution in [0.2, 0.25) is 0 Å². The molecule has 0 spiro atoms. The fourth-order valence-corrected chi connectivity index (χ4v) is 3.54. The van der Waals surface area contributed by atoms with Crippen LogP contribution in [0.25, 0.3) is 15.9 Å². The molecule has 3 aromatic heterocycles. The molecule has 0 aliphatic carbocycles. The highest BCUT2D eigenvalue weighted by Gasteiger charge is 2.16. The number of carbonyl (C=O) groups excluding carboxylic acids is 1. The van der Waals surface area contributed by atoms with Gasteiger partial charge in [-0.3, -0.25) is 14.0 Å². The van der Waals surface area contributed by atoms with E-state index in [0.29, 0.717) is 10.6 Å². The SMILES string of the molecule is Cc1cn2c(=O)c(C(=O)Nc3cccc4c3ccn4C)cnc2s1. The van der Waals surface area contributed by atoms with Crippen molar-refractivity contribution in [1.82, 2.24) is 14.0 Å². The first-order valence-electron chi connectivity index (χ1n) is 7.38. The molecular weight excluding hydrogens is 324 g/mol. The highest BCUT2D eigenvalue weighted by molar-refractivity contribution is 7.16. The number of fused-ring (bicyclic) bond motifs is 2. The zero-order valence-electron chi connectivity index (χ0n) is 13.1. The van der Waals surface area contributed by atoms with Gasteiger partial charge < -0.3 is 9.88 Å². The molecule has 0 fully saturated rings. The summed E-state index contributed by atoms with van der Waals surface area (Å²) in [6, 6.07) is 7.59. The van der Waals surface area contributed by atoms with Crippen LogP contribution in [0.3, 0.4) is 0 Å². The summed E-state index contributed by atoms with van der Waals surface area (Å²) in [5.74, 6) is -0.456. The van der Waals surface area contributed by atoms with Crippen molar-refractivity contribution in [2.45, 2.75) is 6.92 Å². The molecule has 0 saturated carbocycles. The number of anilines is 1. The van der Waals surface area contributed by atoms with Crippen LogP contribution in [0.5, 0.6) is 0 Å². The van der Waals surface area contributed by atoms with E-state index in [1.807, 2.05) is 49.0 Å². The van der Waals surface area contributed by atoms with Gasteiger partial charge in [0.25, 0.3) is 11.5 Å². The van der Waals surface area contributed by atoms with Gasteiger partial charge in [-0.1, -0.05) is 6.07 Å². The molecule has 0 aliphatic heterocycles. The van der Waals surface area contributed by atoms with Crippen LogP contribution < -0.4 is 10.9 Å². The fourth-order valence-electron chi connectivity index (χ4n) is 2.75. The Balaban J connectivity index is 1.76. The standard InChI is InChI=1S/C17H14N4O2S/c1-10-9-21-16(23)12(8-18-17(21)24-10)15(22)19-13-4-3-5-14-11(13)6-7-20(14)2/h3-9H,1-2H3,(H,19,22). The zero-order valence-corrected chi connectivity index (χ0v) is 13.9. The van der Waals surface area contributed by atoms with Gasteiger partial charge in [-0.2, -0.15) is 0 Å². The van der Waals surface area contributed by atoms with Gasteiger partial charge in [-0.15, -0.1) is 11.3 Å². The van der Waals surface area contributed by atoms with Crippen molar-refractivity contribution in [1.29, 1.82) is 0 Å². The molecule has 4 rings (SSSR count). The molecule has 4 aromatic rings. The lowest BCUT2D eigenvalue weighted by Crippen LogP contribution is -2.25. The van der Waals surface area contributed by atoms with E-state index in [0.717, 1.165) is 15.8 Å². The minimum atomic E-state index is -0.456. The minimum absolute atomic E-state index is 0.0261.